The largest absolute Gasteiger partial charge is 0.349 e. The number of carbonyl (C=O) groups excluding carboxylic acids is 2. The van der Waals surface area contributed by atoms with E-state index in [0.29, 0.717) is 11.4 Å². The van der Waals surface area contributed by atoms with Crippen molar-refractivity contribution in [3.63, 3.8) is 0 Å². The highest BCUT2D eigenvalue weighted by Gasteiger charge is 2.24. The second-order valence-corrected chi connectivity index (χ2v) is 8.51. The minimum Gasteiger partial charge on any atom is -0.349 e. The van der Waals surface area contributed by atoms with Crippen molar-refractivity contribution in [2.45, 2.75) is 13.8 Å². The molecule has 2 aromatic carbocycles. The first-order chi connectivity index (χ1) is 13.6. The van der Waals surface area contributed by atoms with Gasteiger partial charge in [-0.05, 0) is 37.1 Å². The molecule has 0 radical (unpaired) electrons. The van der Waals surface area contributed by atoms with Crippen LogP contribution in [0.25, 0.3) is 0 Å². The molecule has 0 aromatic heterocycles. The Balaban J connectivity index is 2.29. The standard InChI is InChI=1S/C21H25N3O4S/c1-5-13-22-21(26)17-11-6-7-12-18(17)23-19(25)14-24(29(4,27)28)20-15(2)9-8-10-16(20)3/h5-12H,1,13-14H2,2-4H3,(H,22,26)(H,23,25). The summed E-state index contributed by atoms with van der Waals surface area (Å²) in [6.45, 7) is 7.01. The van der Waals surface area contributed by atoms with Crippen molar-refractivity contribution < 1.29 is 18.0 Å². The summed E-state index contributed by atoms with van der Waals surface area (Å²) < 4.78 is 25.9. The van der Waals surface area contributed by atoms with Crippen molar-refractivity contribution in [2.24, 2.45) is 0 Å². The number of aryl methyl sites for hydroxylation is 2. The Hall–Kier alpha value is -3.13. The first-order valence-corrected chi connectivity index (χ1v) is 10.8. The molecular weight excluding hydrogens is 390 g/mol. The average Bonchev–Trinajstić information content (AvgIpc) is 2.64. The van der Waals surface area contributed by atoms with Gasteiger partial charge in [-0.1, -0.05) is 36.4 Å². The van der Waals surface area contributed by atoms with Crippen LogP contribution in [0.5, 0.6) is 0 Å². The number of nitrogens with one attached hydrogen (secondary N) is 2. The molecule has 0 aliphatic rings. The minimum absolute atomic E-state index is 0.278. The van der Waals surface area contributed by atoms with Crippen LogP contribution in [0.2, 0.25) is 0 Å². The summed E-state index contributed by atoms with van der Waals surface area (Å²) in [5, 5.41) is 5.30. The van der Waals surface area contributed by atoms with Gasteiger partial charge in [-0.15, -0.1) is 6.58 Å². The van der Waals surface area contributed by atoms with E-state index in [4.69, 9.17) is 0 Å². The molecule has 7 nitrogen and oxygen atoms in total. The van der Waals surface area contributed by atoms with Gasteiger partial charge in [0.25, 0.3) is 5.91 Å². The second kappa shape index (κ2) is 9.38. The van der Waals surface area contributed by atoms with Crippen LogP contribution in [-0.4, -0.2) is 39.6 Å². The van der Waals surface area contributed by atoms with Crippen LogP contribution in [0.15, 0.2) is 55.1 Å². The molecule has 2 aromatic rings. The van der Waals surface area contributed by atoms with Crippen LogP contribution in [0.4, 0.5) is 11.4 Å². The maximum Gasteiger partial charge on any atom is 0.253 e. The summed E-state index contributed by atoms with van der Waals surface area (Å²) in [6, 6.07) is 11.9. The quantitative estimate of drug-likeness (QED) is 0.648. The zero-order valence-electron chi connectivity index (χ0n) is 16.7. The molecule has 154 valence electrons. The first-order valence-electron chi connectivity index (χ1n) is 8.97. The van der Waals surface area contributed by atoms with Crippen molar-refractivity contribution in [1.29, 1.82) is 0 Å². The molecule has 2 rings (SSSR count). The number of anilines is 2. The maximum atomic E-state index is 12.7. The molecule has 2 N–H and O–H groups in total. The van der Waals surface area contributed by atoms with Gasteiger partial charge in [-0.3, -0.25) is 13.9 Å². The van der Waals surface area contributed by atoms with Gasteiger partial charge in [-0.2, -0.15) is 0 Å². The summed E-state index contributed by atoms with van der Waals surface area (Å²) in [4.78, 5) is 25.0. The maximum absolute atomic E-state index is 12.7. The lowest BCUT2D eigenvalue weighted by Crippen LogP contribution is -2.38. The van der Waals surface area contributed by atoms with Crippen LogP contribution in [0.3, 0.4) is 0 Å². The summed E-state index contributed by atoms with van der Waals surface area (Å²) in [7, 11) is -3.71. The smallest absolute Gasteiger partial charge is 0.253 e. The third-order valence-corrected chi connectivity index (χ3v) is 5.34. The lowest BCUT2D eigenvalue weighted by atomic mass is 10.1. The number of sulfonamides is 1. The van der Waals surface area contributed by atoms with Crippen molar-refractivity contribution in [1.82, 2.24) is 5.32 Å². The summed E-state index contributed by atoms with van der Waals surface area (Å²) >= 11 is 0. The molecule has 0 aliphatic heterocycles. The summed E-state index contributed by atoms with van der Waals surface area (Å²) in [6.07, 6.45) is 2.61. The van der Waals surface area contributed by atoms with E-state index in [1.54, 1.807) is 56.3 Å². The third kappa shape index (κ3) is 5.68. The number of carbonyl (C=O) groups is 2. The van der Waals surface area contributed by atoms with Gasteiger partial charge in [-0.25, -0.2) is 8.42 Å². The lowest BCUT2D eigenvalue weighted by molar-refractivity contribution is -0.114. The molecule has 0 atom stereocenters. The Morgan fingerprint density at radius 2 is 1.69 bits per heavy atom. The minimum atomic E-state index is -3.71. The molecular formula is C21H25N3O4S. The normalized spacial score (nSPS) is 10.9. The highest BCUT2D eigenvalue weighted by atomic mass is 32.2. The van der Waals surface area contributed by atoms with Crippen LogP contribution < -0.4 is 14.9 Å². The van der Waals surface area contributed by atoms with E-state index in [2.05, 4.69) is 17.2 Å². The van der Waals surface area contributed by atoms with Crippen molar-refractivity contribution in [3.05, 3.63) is 71.8 Å². The number of para-hydroxylation sites is 2. The van der Waals surface area contributed by atoms with E-state index in [1.807, 2.05) is 6.07 Å². The van der Waals surface area contributed by atoms with Crippen molar-refractivity contribution in [3.8, 4) is 0 Å². The third-order valence-electron chi connectivity index (χ3n) is 4.23. The lowest BCUT2D eigenvalue weighted by Gasteiger charge is -2.25. The molecule has 29 heavy (non-hydrogen) atoms. The van der Waals surface area contributed by atoms with E-state index in [1.165, 1.54) is 0 Å². The molecule has 0 saturated carbocycles. The molecule has 0 saturated heterocycles. The Morgan fingerprint density at radius 3 is 2.28 bits per heavy atom. The van der Waals surface area contributed by atoms with E-state index in [-0.39, 0.29) is 18.0 Å². The second-order valence-electron chi connectivity index (χ2n) is 6.60. The Labute approximate surface area is 171 Å². The van der Waals surface area contributed by atoms with Crippen LogP contribution in [0, 0.1) is 13.8 Å². The van der Waals surface area contributed by atoms with Gasteiger partial charge >= 0.3 is 0 Å². The molecule has 0 bridgehead atoms. The Morgan fingerprint density at radius 1 is 1.07 bits per heavy atom. The topological polar surface area (TPSA) is 95.6 Å². The van der Waals surface area contributed by atoms with Crippen molar-refractivity contribution >= 4 is 33.2 Å². The number of nitrogens with zero attached hydrogens (tertiary/aromatic N) is 1. The molecule has 2 amide bonds. The van der Waals surface area contributed by atoms with Gasteiger partial charge in [0.2, 0.25) is 15.9 Å². The molecule has 0 heterocycles. The number of rotatable bonds is 8. The SMILES string of the molecule is C=CCNC(=O)c1ccccc1NC(=O)CN(c1c(C)cccc1C)S(C)(=O)=O. The fourth-order valence-corrected chi connectivity index (χ4v) is 3.90. The first kappa shape index (κ1) is 22.2. The van der Waals surface area contributed by atoms with Gasteiger partial charge in [0, 0.05) is 6.54 Å². The molecule has 0 fully saturated rings. The Kier molecular flexibility index (Phi) is 7.17. The average molecular weight is 416 g/mol. The fourth-order valence-electron chi connectivity index (χ4n) is 2.93. The number of hydrogen-bond donors (Lipinski definition) is 2. The highest BCUT2D eigenvalue weighted by Crippen LogP contribution is 2.26. The van der Waals surface area contributed by atoms with E-state index in [0.717, 1.165) is 21.7 Å². The van der Waals surface area contributed by atoms with Crippen LogP contribution in [-0.2, 0) is 14.8 Å². The fraction of sp³-hybridized carbons (Fsp3) is 0.238. The van der Waals surface area contributed by atoms with Gasteiger partial charge in [0.15, 0.2) is 0 Å². The zero-order chi connectivity index (χ0) is 21.6. The van der Waals surface area contributed by atoms with Gasteiger partial charge in [0.05, 0.1) is 23.2 Å². The Bertz CT molecular complexity index is 1010. The molecule has 0 spiro atoms. The molecule has 0 aliphatic carbocycles. The predicted octanol–water partition coefficient (Wildman–Crippen LogP) is 2.62. The van der Waals surface area contributed by atoms with E-state index in [9.17, 15) is 18.0 Å². The van der Waals surface area contributed by atoms with Crippen LogP contribution in [0.1, 0.15) is 21.5 Å². The van der Waals surface area contributed by atoms with Crippen LogP contribution >= 0.6 is 0 Å². The van der Waals surface area contributed by atoms with Gasteiger partial charge < -0.3 is 10.6 Å². The number of benzene rings is 2. The summed E-state index contributed by atoms with van der Waals surface area (Å²) in [5.74, 6) is -0.919. The number of hydrogen-bond acceptors (Lipinski definition) is 4. The summed E-state index contributed by atoms with van der Waals surface area (Å²) in [5.41, 5.74) is 2.54. The monoisotopic (exact) mass is 415 g/mol. The van der Waals surface area contributed by atoms with E-state index < -0.39 is 22.5 Å². The van der Waals surface area contributed by atoms with Gasteiger partial charge in [0.1, 0.15) is 6.54 Å². The zero-order valence-corrected chi connectivity index (χ0v) is 17.5. The van der Waals surface area contributed by atoms with Crippen molar-refractivity contribution in [2.75, 3.05) is 29.0 Å². The van der Waals surface area contributed by atoms with E-state index >= 15 is 0 Å². The highest BCUT2D eigenvalue weighted by molar-refractivity contribution is 7.92. The molecule has 0 unspecified atom stereocenters. The predicted molar refractivity (Wildman–Crippen MR) is 116 cm³/mol. The molecule has 8 heteroatoms. The number of amides is 2.